The van der Waals surface area contributed by atoms with Crippen LogP contribution in [0.1, 0.15) is 21.5 Å². The van der Waals surface area contributed by atoms with Crippen LogP contribution in [0.3, 0.4) is 0 Å². The molecular weight excluding hydrogens is 757 g/mol. The third kappa shape index (κ3) is 9.50. The molecule has 2 aliphatic rings. The number of carbonyl (C=O) groups is 1. The number of carbonyl (C=O) groups excluding carboxylic acids is 1. The Morgan fingerprint density at radius 2 is 1.02 bits per heavy atom. The fourth-order valence-electron chi connectivity index (χ4n) is 6.87. The second-order valence-corrected chi connectivity index (χ2v) is 15.4. The average molecular weight is 805 g/mol. The molecule has 1 N–H and O–H groups in total. The lowest BCUT2D eigenvalue weighted by Crippen LogP contribution is -2.46. The van der Waals surface area contributed by atoms with Crippen molar-refractivity contribution in [3.8, 4) is 34.0 Å². The molecule has 2 saturated heterocycles. The largest absolute Gasteiger partial charge is 0.497 e. The van der Waals surface area contributed by atoms with Gasteiger partial charge in [0.1, 0.15) is 16.4 Å². The fourth-order valence-corrected chi connectivity index (χ4v) is 8.90. The molecule has 0 unspecified atom stereocenters. The molecule has 0 radical (unpaired) electrons. The zero-order valence-electron chi connectivity index (χ0n) is 32.5. The molecule has 57 heavy (non-hydrogen) atoms. The summed E-state index contributed by atoms with van der Waals surface area (Å²) in [4.78, 5) is 33.0. The lowest BCUT2D eigenvalue weighted by Gasteiger charge is -2.36. The van der Waals surface area contributed by atoms with Gasteiger partial charge in [-0.2, -0.15) is 0 Å². The van der Waals surface area contributed by atoms with Gasteiger partial charge in [-0.25, -0.2) is 14.8 Å². The minimum Gasteiger partial charge on any atom is -0.497 e. The number of aromatic nitrogens is 2. The highest BCUT2D eigenvalue weighted by molar-refractivity contribution is 7.18. The second-order valence-electron chi connectivity index (χ2n) is 13.4. The zero-order valence-corrected chi connectivity index (χ0v) is 34.2. The number of aliphatic hydroxyl groups is 1. The van der Waals surface area contributed by atoms with E-state index in [2.05, 4.69) is 43.9 Å². The Kier molecular flexibility index (Phi) is 13.2. The molecular formula is C44H48N6O5S2. The molecule has 13 heteroatoms. The molecule has 4 heterocycles. The van der Waals surface area contributed by atoms with E-state index in [1.807, 2.05) is 91.9 Å². The van der Waals surface area contributed by atoms with Gasteiger partial charge in [-0.05, 0) is 55.5 Å². The van der Waals surface area contributed by atoms with Crippen LogP contribution in [-0.4, -0.2) is 94.2 Å². The molecule has 296 valence electrons. The summed E-state index contributed by atoms with van der Waals surface area (Å²) in [5, 5.41) is 11.6. The molecule has 11 nitrogen and oxygen atoms in total. The highest BCUT2D eigenvalue weighted by Gasteiger charge is 2.26. The van der Waals surface area contributed by atoms with Crippen molar-refractivity contribution >= 4 is 50.3 Å². The normalized spacial score (nSPS) is 14.2. The van der Waals surface area contributed by atoms with Gasteiger partial charge in [-0.1, -0.05) is 83.3 Å². The van der Waals surface area contributed by atoms with E-state index >= 15 is 0 Å². The molecule has 2 aliphatic heterocycles. The molecule has 2 aromatic heterocycles. The third-order valence-corrected chi connectivity index (χ3v) is 12.2. The van der Waals surface area contributed by atoms with Crippen molar-refractivity contribution in [2.75, 3.05) is 92.8 Å². The maximum atomic E-state index is 12.5. The van der Waals surface area contributed by atoms with Crippen LogP contribution in [-0.2, 0) is 11.3 Å². The van der Waals surface area contributed by atoms with Crippen LogP contribution >= 0.6 is 22.7 Å². The monoisotopic (exact) mass is 804 g/mol. The summed E-state index contributed by atoms with van der Waals surface area (Å²) in [5.41, 5.74) is 5.99. The molecule has 0 spiro atoms. The van der Waals surface area contributed by atoms with Gasteiger partial charge in [0, 0.05) is 74.9 Å². The Morgan fingerprint density at radius 3 is 1.46 bits per heavy atom. The van der Waals surface area contributed by atoms with E-state index < -0.39 is 0 Å². The quantitative estimate of drug-likeness (QED) is 0.129. The third-order valence-electron chi connectivity index (χ3n) is 9.98. The number of thiazole rings is 2. The minimum absolute atomic E-state index is 0.0215. The fraction of sp³-hybridized carbons (Fsp3) is 0.295. The topological polar surface area (TPSA) is 104 Å². The number of benzene rings is 4. The Labute approximate surface area is 342 Å². The number of hydrogen-bond acceptors (Lipinski definition) is 13. The van der Waals surface area contributed by atoms with Crippen molar-refractivity contribution in [3.05, 3.63) is 119 Å². The first kappa shape index (κ1) is 39.6. The number of rotatable bonds is 11. The van der Waals surface area contributed by atoms with Crippen molar-refractivity contribution in [2.45, 2.75) is 13.5 Å². The maximum absolute atomic E-state index is 12.5. The van der Waals surface area contributed by atoms with E-state index in [1.54, 1.807) is 25.6 Å². The zero-order chi connectivity index (χ0) is 39.6. The van der Waals surface area contributed by atoms with Crippen molar-refractivity contribution in [1.29, 1.82) is 0 Å². The highest BCUT2D eigenvalue weighted by atomic mass is 32.1. The predicted molar refractivity (Wildman–Crippen MR) is 232 cm³/mol. The Hall–Kier alpha value is -5.63. The molecule has 0 aliphatic carbocycles. The van der Waals surface area contributed by atoms with Crippen molar-refractivity contribution < 1.29 is 24.1 Å². The number of hydrogen-bond donors (Lipinski definition) is 1. The predicted octanol–water partition coefficient (Wildman–Crippen LogP) is 7.96. The van der Waals surface area contributed by atoms with Crippen molar-refractivity contribution in [1.82, 2.24) is 9.97 Å². The SMILES string of the molecule is CCOC(=O)c1sc(N2CCN(c3ccc(OC)cc3)CC2)nc1-c1ccccc1.COc1ccc(N2CCN(c3nc(-c4ccccc4)c(CO)s3)CC2)cc1. The van der Waals surface area contributed by atoms with E-state index in [9.17, 15) is 9.90 Å². The number of esters is 1. The Balaban J connectivity index is 0.000000175. The van der Waals surface area contributed by atoms with Crippen LogP contribution < -0.4 is 29.1 Å². The van der Waals surface area contributed by atoms with Gasteiger partial charge >= 0.3 is 5.97 Å². The first-order chi connectivity index (χ1) is 28.0. The maximum Gasteiger partial charge on any atom is 0.350 e. The minimum atomic E-state index is -0.308. The van der Waals surface area contributed by atoms with Gasteiger partial charge in [-0.15, -0.1) is 0 Å². The second kappa shape index (κ2) is 19.0. The number of anilines is 4. The Bertz CT molecular complexity index is 2170. The summed E-state index contributed by atoms with van der Waals surface area (Å²) in [7, 11) is 3.36. The standard InChI is InChI=1S/C23H25N3O3S.C21H23N3O2S/c1-3-29-22(27)21-20(17-7-5-4-6-8-17)24-23(30-21)26-15-13-25(14-16-26)18-9-11-19(28-2)12-10-18;1-26-18-9-7-17(8-10-18)23-11-13-24(14-12-23)21-22-20(19(15-25)27-21)16-5-3-2-4-6-16/h4-12H,3,13-16H2,1-2H3;2-10,25H,11-15H2,1H3. The molecule has 0 amide bonds. The van der Waals surface area contributed by atoms with Gasteiger partial charge < -0.3 is 38.9 Å². The summed E-state index contributed by atoms with van der Waals surface area (Å²) in [6.07, 6.45) is 0. The first-order valence-corrected chi connectivity index (χ1v) is 20.8. The van der Waals surface area contributed by atoms with E-state index in [-0.39, 0.29) is 12.6 Å². The smallest absolute Gasteiger partial charge is 0.350 e. The van der Waals surface area contributed by atoms with Crippen LogP contribution in [0, 0.1) is 0 Å². The lowest BCUT2D eigenvalue weighted by atomic mass is 10.1. The summed E-state index contributed by atoms with van der Waals surface area (Å²) in [6, 6.07) is 36.3. The number of piperazine rings is 2. The number of ether oxygens (including phenoxy) is 3. The molecule has 4 aromatic carbocycles. The molecule has 6 aromatic rings. The number of aliphatic hydroxyl groups excluding tert-OH is 1. The van der Waals surface area contributed by atoms with E-state index in [0.29, 0.717) is 17.2 Å². The van der Waals surface area contributed by atoms with Crippen LogP contribution in [0.25, 0.3) is 22.5 Å². The molecule has 0 bridgehead atoms. The lowest BCUT2D eigenvalue weighted by molar-refractivity contribution is 0.0532. The van der Waals surface area contributed by atoms with Gasteiger partial charge in [0.2, 0.25) is 0 Å². The van der Waals surface area contributed by atoms with Crippen LogP contribution in [0.4, 0.5) is 21.6 Å². The number of nitrogens with zero attached hydrogens (tertiary/aromatic N) is 6. The summed E-state index contributed by atoms with van der Waals surface area (Å²) in [5.74, 6) is 1.43. The first-order valence-electron chi connectivity index (χ1n) is 19.1. The molecule has 2 fully saturated rings. The van der Waals surface area contributed by atoms with Gasteiger partial charge in [0.05, 0.1) is 43.7 Å². The summed E-state index contributed by atoms with van der Waals surface area (Å²) in [6.45, 7) is 9.38. The molecule has 0 atom stereocenters. The summed E-state index contributed by atoms with van der Waals surface area (Å²) >= 11 is 3.01. The van der Waals surface area contributed by atoms with E-state index in [1.165, 1.54) is 22.7 Å². The van der Waals surface area contributed by atoms with E-state index in [4.69, 9.17) is 24.2 Å². The molecule has 0 saturated carbocycles. The van der Waals surface area contributed by atoms with Crippen molar-refractivity contribution in [2.24, 2.45) is 0 Å². The number of methoxy groups -OCH3 is 2. The van der Waals surface area contributed by atoms with Crippen LogP contribution in [0.15, 0.2) is 109 Å². The van der Waals surface area contributed by atoms with Gasteiger partial charge in [0.25, 0.3) is 0 Å². The van der Waals surface area contributed by atoms with E-state index in [0.717, 1.165) is 95.8 Å². The van der Waals surface area contributed by atoms with Gasteiger partial charge in [0.15, 0.2) is 10.3 Å². The van der Waals surface area contributed by atoms with Gasteiger partial charge in [-0.3, -0.25) is 0 Å². The van der Waals surface area contributed by atoms with Crippen LogP contribution in [0.2, 0.25) is 0 Å². The van der Waals surface area contributed by atoms with Crippen LogP contribution in [0.5, 0.6) is 11.5 Å². The molecule has 8 rings (SSSR count). The summed E-state index contributed by atoms with van der Waals surface area (Å²) < 4.78 is 15.8. The average Bonchev–Trinajstić information content (AvgIpc) is 3.94. The Morgan fingerprint density at radius 1 is 0.596 bits per heavy atom. The van der Waals surface area contributed by atoms with Crippen molar-refractivity contribution in [3.63, 3.8) is 0 Å². The highest BCUT2D eigenvalue weighted by Crippen LogP contribution is 2.36.